The molecule has 1 heterocycles. The van der Waals surface area contributed by atoms with Gasteiger partial charge in [-0.15, -0.1) is 0 Å². The monoisotopic (exact) mass is 345 g/mol. The number of nitrogens with one attached hydrogen (secondary N) is 2. The van der Waals surface area contributed by atoms with Crippen molar-refractivity contribution in [1.82, 2.24) is 10.2 Å². The highest BCUT2D eigenvalue weighted by Gasteiger charge is 2.23. The van der Waals surface area contributed by atoms with Crippen LogP contribution >= 0.6 is 15.9 Å². The van der Waals surface area contributed by atoms with Crippen LogP contribution in [0.5, 0.6) is 5.75 Å². The first-order chi connectivity index (χ1) is 8.81. The van der Waals surface area contributed by atoms with Gasteiger partial charge in [0.05, 0.1) is 17.1 Å². The summed E-state index contributed by atoms with van der Waals surface area (Å²) in [5.41, 5.74) is 0.924. The summed E-state index contributed by atoms with van der Waals surface area (Å²) < 4.78 is 27.5. The Hall–Kier alpha value is -1.54. The highest BCUT2D eigenvalue weighted by molar-refractivity contribution is 9.10. The number of aromatic amines is 1. The van der Waals surface area contributed by atoms with E-state index >= 15 is 0 Å². The standard InChI is InChI=1S/C11H12BrN3O3S/c1-6-11(7(2)14-13-6)19(17,18)15-9-5-8(12)3-4-10(9)16/h3-5,15-16H,1-2H3,(H,13,14). The van der Waals surface area contributed by atoms with Crippen LogP contribution in [0.15, 0.2) is 27.6 Å². The fourth-order valence-corrected chi connectivity index (χ4v) is 3.52. The minimum Gasteiger partial charge on any atom is -0.506 e. The molecule has 19 heavy (non-hydrogen) atoms. The highest BCUT2D eigenvalue weighted by Crippen LogP contribution is 2.29. The minimum atomic E-state index is -3.80. The first kappa shape index (κ1) is 13.9. The molecule has 1 aromatic carbocycles. The van der Waals surface area contributed by atoms with E-state index in [9.17, 15) is 13.5 Å². The minimum absolute atomic E-state index is 0.0897. The van der Waals surface area contributed by atoms with E-state index in [-0.39, 0.29) is 16.3 Å². The van der Waals surface area contributed by atoms with Gasteiger partial charge in [-0.2, -0.15) is 5.10 Å². The zero-order chi connectivity index (χ0) is 14.2. The Balaban J connectivity index is 2.45. The lowest BCUT2D eigenvalue weighted by Gasteiger charge is -2.10. The van der Waals surface area contributed by atoms with Crippen LogP contribution in [0.3, 0.4) is 0 Å². The van der Waals surface area contributed by atoms with Crippen molar-refractivity contribution in [2.45, 2.75) is 18.7 Å². The number of hydrogen-bond donors (Lipinski definition) is 3. The van der Waals surface area contributed by atoms with Crippen LogP contribution in [0.25, 0.3) is 0 Å². The molecule has 3 N–H and O–H groups in total. The van der Waals surface area contributed by atoms with Gasteiger partial charge in [0.2, 0.25) is 0 Å². The van der Waals surface area contributed by atoms with Crippen molar-refractivity contribution >= 4 is 31.6 Å². The number of nitrogens with zero attached hydrogens (tertiary/aromatic N) is 1. The van der Waals surface area contributed by atoms with Crippen molar-refractivity contribution < 1.29 is 13.5 Å². The van der Waals surface area contributed by atoms with Gasteiger partial charge in [-0.05, 0) is 32.0 Å². The Labute approximate surface area is 119 Å². The lowest BCUT2D eigenvalue weighted by Crippen LogP contribution is -2.14. The number of anilines is 1. The van der Waals surface area contributed by atoms with E-state index in [1.165, 1.54) is 12.1 Å². The van der Waals surface area contributed by atoms with Gasteiger partial charge in [-0.3, -0.25) is 9.82 Å². The fraction of sp³-hybridized carbons (Fsp3) is 0.182. The molecule has 0 spiro atoms. The second-order valence-corrected chi connectivity index (χ2v) is 6.57. The van der Waals surface area contributed by atoms with Crippen molar-refractivity contribution in [2.75, 3.05) is 4.72 Å². The van der Waals surface area contributed by atoms with Gasteiger partial charge in [0, 0.05) is 4.47 Å². The smallest absolute Gasteiger partial charge is 0.265 e. The van der Waals surface area contributed by atoms with Gasteiger partial charge in [-0.1, -0.05) is 15.9 Å². The normalized spacial score (nSPS) is 11.5. The molecule has 0 aliphatic carbocycles. The molecule has 0 saturated carbocycles. The number of aromatic nitrogens is 2. The van der Waals surface area contributed by atoms with Crippen molar-refractivity contribution in [3.8, 4) is 5.75 Å². The summed E-state index contributed by atoms with van der Waals surface area (Å²) in [6.45, 7) is 3.22. The number of rotatable bonds is 3. The maximum Gasteiger partial charge on any atom is 0.265 e. The van der Waals surface area contributed by atoms with Gasteiger partial charge >= 0.3 is 0 Å². The number of halogens is 1. The van der Waals surface area contributed by atoms with Crippen molar-refractivity contribution in [3.05, 3.63) is 34.1 Å². The Morgan fingerprint density at radius 3 is 2.63 bits per heavy atom. The van der Waals surface area contributed by atoms with Crippen LogP contribution in [-0.2, 0) is 10.0 Å². The van der Waals surface area contributed by atoms with E-state index in [1.807, 2.05) is 0 Å². The Morgan fingerprint density at radius 1 is 1.37 bits per heavy atom. The zero-order valence-corrected chi connectivity index (χ0v) is 12.6. The second kappa shape index (κ2) is 4.86. The molecule has 1 aromatic heterocycles. The average Bonchev–Trinajstić information content (AvgIpc) is 2.64. The first-order valence-corrected chi connectivity index (χ1v) is 7.62. The molecule has 8 heteroatoms. The average molecular weight is 346 g/mol. The molecule has 0 bridgehead atoms. The molecule has 6 nitrogen and oxygen atoms in total. The molecular weight excluding hydrogens is 334 g/mol. The topological polar surface area (TPSA) is 95.1 Å². The molecule has 0 saturated heterocycles. The summed E-state index contributed by atoms with van der Waals surface area (Å²) >= 11 is 3.22. The summed E-state index contributed by atoms with van der Waals surface area (Å²) in [6.07, 6.45) is 0. The predicted molar refractivity (Wildman–Crippen MR) is 74.7 cm³/mol. The van der Waals surface area contributed by atoms with Crippen LogP contribution in [0.2, 0.25) is 0 Å². The van der Waals surface area contributed by atoms with Crippen LogP contribution in [0.4, 0.5) is 5.69 Å². The molecule has 0 atom stereocenters. The van der Waals surface area contributed by atoms with E-state index in [0.29, 0.717) is 15.9 Å². The summed E-state index contributed by atoms with van der Waals surface area (Å²) in [4.78, 5) is 0.0897. The maximum absolute atomic E-state index is 12.3. The predicted octanol–water partition coefficient (Wildman–Crippen LogP) is 2.30. The molecular formula is C11H12BrN3O3S. The Kier molecular flexibility index (Phi) is 3.55. The van der Waals surface area contributed by atoms with Gasteiger partial charge in [-0.25, -0.2) is 8.42 Å². The Bertz CT molecular complexity index is 705. The van der Waals surface area contributed by atoms with E-state index in [2.05, 4.69) is 30.8 Å². The van der Waals surface area contributed by atoms with Gasteiger partial charge in [0.1, 0.15) is 10.6 Å². The van der Waals surface area contributed by atoms with Crippen LogP contribution < -0.4 is 4.72 Å². The van der Waals surface area contributed by atoms with Crippen LogP contribution in [0.1, 0.15) is 11.4 Å². The largest absolute Gasteiger partial charge is 0.506 e. The third kappa shape index (κ3) is 2.74. The zero-order valence-electron chi connectivity index (χ0n) is 10.2. The lowest BCUT2D eigenvalue weighted by molar-refractivity contribution is 0.477. The summed E-state index contributed by atoms with van der Waals surface area (Å²) in [5.74, 6) is -0.148. The SMILES string of the molecule is Cc1n[nH]c(C)c1S(=O)(=O)Nc1cc(Br)ccc1O. The number of hydrogen-bond acceptors (Lipinski definition) is 4. The van der Waals surface area contributed by atoms with E-state index in [4.69, 9.17) is 0 Å². The van der Waals surface area contributed by atoms with Crippen molar-refractivity contribution in [2.24, 2.45) is 0 Å². The van der Waals surface area contributed by atoms with Crippen molar-refractivity contribution in [1.29, 1.82) is 0 Å². The summed E-state index contributed by atoms with van der Waals surface area (Å²) in [7, 11) is -3.80. The van der Waals surface area contributed by atoms with Crippen molar-refractivity contribution in [3.63, 3.8) is 0 Å². The van der Waals surface area contributed by atoms with Gasteiger partial charge in [0.25, 0.3) is 10.0 Å². The third-order valence-electron chi connectivity index (χ3n) is 2.53. The second-order valence-electron chi connectivity index (χ2n) is 4.03. The third-order valence-corrected chi connectivity index (χ3v) is 4.65. The summed E-state index contributed by atoms with van der Waals surface area (Å²) in [6, 6.07) is 4.50. The van der Waals surface area contributed by atoms with E-state index in [1.54, 1.807) is 19.9 Å². The van der Waals surface area contributed by atoms with Gasteiger partial charge < -0.3 is 5.11 Å². The number of H-pyrrole nitrogens is 1. The van der Waals surface area contributed by atoms with Gasteiger partial charge in [0.15, 0.2) is 0 Å². The molecule has 0 unspecified atom stereocenters. The lowest BCUT2D eigenvalue weighted by atomic mass is 10.3. The number of sulfonamides is 1. The molecule has 0 fully saturated rings. The molecule has 0 amide bonds. The number of benzene rings is 1. The number of aromatic hydroxyl groups is 1. The highest BCUT2D eigenvalue weighted by atomic mass is 79.9. The molecule has 2 aromatic rings. The number of phenols is 1. The van der Waals surface area contributed by atoms with Crippen LogP contribution in [-0.4, -0.2) is 23.7 Å². The maximum atomic E-state index is 12.3. The molecule has 0 radical (unpaired) electrons. The molecule has 2 rings (SSSR count). The fourth-order valence-electron chi connectivity index (χ4n) is 1.72. The summed E-state index contributed by atoms with van der Waals surface area (Å²) in [5, 5.41) is 16.1. The molecule has 102 valence electrons. The number of phenolic OH excluding ortho intramolecular Hbond substituents is 1. The first-order valence-electron chi connectivity index (χ1n) is 5.34. The Morgan fingerprint density at radius 2 is 2.05 bits per heavy atom. The molecule has 0 aliphatic heterocycles. The molecule has 0 aliphatic rings. The van der Waals surface area contributed by atoms with E-state index < -0.39 is 10.0 Å². The quantitative estimate of drug-likeness (QED) is 0.743. The number of aryl methyl sites for hydroxylation is 2. The van der Waals surface area contributed by atoms with E-state index in [0.717, 1.165) is 0 Å². The van der Waals surface area contributed by atoms with Crippen LogP contribution in [0, 0.1) is 13.8 Å².